The van der Waals surface area contributed by atoms with E-state index in [4.69, 9.17) is 21.4 Å². The molecule has 1 heterocycles. The van der Waals surface area contributed by atoms with E-state index in [1.54, 1.807) is 0 Å². The number of carbonyl (C=O) groups is 1. The van der Waals surface area contributed by atoms with Gasteiger partial charge in [-0.1, -0.05) is 35.9 Å². The highest BCUT2D eigenvalue weighted by Crippen LogP contribution is 2.21. The number of likely N-dealkylation sites (tertiary alicyclic amines) is 1. The van der Waals surface area contributed by atoms with Gasteiger partial charge >= 0.3 is 5.97 Å². The lowest BCUT2D eigenvalue weighted by Gasteiger charge is -2.30. The third kappa shape index (κ3) is 5.21. The van der Waals surface area contributed by atoms with Crippen molar-refractivity contribution in [2.24, 2.45) is 5.92 Å². The number of nitrogens with zero attached hydrogens (tertiary/aromatic N) is 1. The Bertz CT molecular complexity index is 692. The number of carboxylic acid groups (broad SMARTS) is 1. The molecule has 0 saturated carbocycles. The first-order valence-electron chi connectivity index (χ1n) is 8.51. The number of piperidine rings is 1. The third-order valence-corrected chi connectivity index (χ3v) is 4.84. The van der Waals surface area contributed by atoms with Crippen molar-refractivity contribution in [1.82, 2.24) is 4.90 Å². The summed E-state index contributed by atoms with van der Waals surface area (Å²) in [6, 6.07) is 15.7. The molecular formula is C20H22ClNO3. The van der Waals surface area contributed by atoms with E-state index >= 15 is 0 Å². The molecule has 0 aliphatic carbocycles. The van der Waals surface area contributed by atoms with Crippen molar-refractivity contribution in [3.8, 4) is 5.75 Å². The molecule has 1 aliphatic heterocycles. The molecule has 2 aromatic rings. The summed E-state index contributed by atoms with van der Waals surface area (Å²) in [5.74, 6) is -0.00924. The minimum atomic E-state index is -0.665. The molecule has 0 aromatic heterocycles. The molecule has 132 valence electrons. The van der Waals surface area contributed by atoms with E-state index in [9.17, 15) is 4.79 Å². The number of hydrogen-bond acceptors (Lipinski definition) is 3. The maximum Gasteiger partial charge on any atom is 0.306 e. The van der Waals surface area contributed by atoms with Crippen molar-refractivity contribution in [3.63, 3.8) is 0 Å². The van der Waals surface area contributed by atoms with Crippen LogP contribution in [0.2, 0.25) is 5.02 Å². The zero-order chi connectivity index (χ0) is 17.6. The van der Waals surface area contributed by atoms with Gasteiger partial charge in [-0.3, -0.25) is 9.69 Å². The van der Waals surface area contributed by atoms with Crippen molar-refractivity contribution in [3.05, 3.63) is 64.7 Å². The van der Waals surface area contributed by atoms with Crippen LogP contribution in [0, 0.1) is 5.92 Å². The van der Waals surface area contributed by atoms with E-state index in [0.29, 0.717) is 6.61 Å². The lowest BCUT2D eigenvalue weighted by Crippen LogP contribution is -2.35. The summed E-state index contributed by atoms with van der Waals surface area (Å²) in [6.07, 6.45) is 1.47. The third-order valence-electron chi connectivity index (χ3n) is 4.59. The van der Waals surface area contributed by atoms with E-state index in [1.165, 1.54) is 5.56 Å². The van der Waals surface area contributed by atoms with Crippen molar-refractivity contribution in [2.75, 3.05) is 13.1 Å². The van der Waals surface area contributed by atoms with E-state index in [-0.39, 0.29) is 5.92 Å². The lowest BCUT2D eigenvalue weighted by molar-refractivity contribution is -0.143. The average molecular weight is 360 g/mol. The highest BCUT2D eigenvalue weighted by Gasteiger charge is 2.24. The van der Waals surface area contributed by atoms with E-state index in [2.05, 4.69) is 17.0 Å². The van der Waals surface area contributed by atoms with Gasteiger partial charge in [0.2, 0.25) is 0 Å². The standard InChI is InChI=1S/C20H22ClNO3/c21-18-5-1-16(2-6-18)14-25-19-7-3-15(4-8-19)13-22-11-9-17(10-12-22)20(23)24/h1-8,17H,9-14H2,(H,23,24). The summed E-state index contributed by atoms with van der Waals surface area (Å²) >= 11 is 5.88. The zero-order valence-corrected chi connectivity index (χ0v) is 14.8. The number of carboxylic acids is 1. The summed E-state index contributed by atoms with van der Waals surface area (Å²) in [6.45, 7) is 3.04. The first-order valence-corrected chi connectivity index (χ1v) is 8.89. The number of benzene rings is 2. The monoisotopic (exact) mass is 359 g/mol. The van der Waals surface area contributed by atoms with Crippen LogP contribution in [0.15, 0.2) is 48.5 Å². The smallest absolute Gasteiger partial charge is 0.306 e. The molecule has 3 rings (SSSR count). The van der Waals surface area contributed by atoms with Crippen LogP contribution in [-0.4, -0.2) is 29.1 Å². The largest absolute Gasteiger partial charge is 0.489 e. The molecule has 1 N–H and O–H groups in total. The molecule has 0 spiro atoms. The maximum absolute atomic E-state index is 11.0. The number of halogens is 1. The fourth-order valence-corrected chi connectivity index (χ4v) is 3.16. The van der Waals surface area contributed by atoms with Gasteiger partial charge in [0.15, 0.2) is 0 Å². The van der Waals surface area contributed by atoms with E-state index in [0.717, 1.165) is 48.8 Å². The Morgan fingerprint density at radius 3 is 2.24 bits per heavy atom. The van der Waals surface area contributed by atoms with Crippen LogP contribution in [0.5, 0.6) is 5.75 Å². The molecular weight excluding hydrogens is 338 g/mol. The molecule has 0 bridgehead atoms. The second-order valence-electron chi connectivity index (χ2n) is 6.45. The Labute approximate surface area is 153 Å². The topological polar surface area (TPSA) is 49.8 Å². The van der Waals surface area contributed by atoms with Gasteiger partial charge in [0.25, 0.3) is 0 Å². The molecule has 0 radical (unpaired) electrons. The first kappa shape index (κ1) is 17.8. The number of ether oxygens (including phenoxy) is 1. The minimum absolute atomic E-state index is 0.181. The Balaban J connectivity index is 1.47. The van der Waals surface area contributed by atoms with Gasteiger partial charge in [-0.25, -0.2) is 0 Å². The van der Waals surface area contributed by atoms with Crippen LogP contribution < -0.4 is 4.74 Å². The average Bonchev–Trinajstić information content (AvgIpc) is 2.63. The Hall–Kier alpha value is -2.04. The highest BCUT2D eigenvalue weighted by molar-refractivity contribution is 6.30. The van der Waals surface area contributed by atoms with E-state index in [1.807, 2.05) is 36.4 Å². The van der Waals surface area contributed by atoms with Crippen molar-refractivity contribution >= 4 is 17.6 Å². The molecule has 2 aromatic carbocycles. The zero-order valence-electron chi connectivity index (χ0n) is 14.0. The first-order chi connectivity index (χ1) is 12.1. The van der Waals surface area contributed by atoms with Gasteiger partial charge in [0.05, 0.1) is 5.92 Å². The number of rotatable bonds is 6. The molecule has 1 saturated heterocycles. The van der Waals surface area contributed by atoms with Crippen LogP contribution in [0.1, 0.15) is 24.0 Å². The molecule has 0 unspecified atom stereocenters. The summed E-state index contributed by atoms with van der Waals surface area (Å²) < 4.78 is 5.80. The molecule has 1 aliphatic rings. The normalized spacial score (nSPS) is 15.9. The molecule has 4 nitrogen and oxygen atoms in total. The van der Waals surface area contributed by atoms with Crippen LogP contribution in [0.3, 0.4) is 0 Å². The molecule has 0 amide bonds. The Kier molecular flexibility index (Phi) is 5.95. The number of hydrogen-bond donors (Lipinski definition) is 1. The van der Waals surface area contributed by atoms with Crippen LogP contribution in [0.4, 0.5) is 0 Å². The van der Waals surface area contributed by atoms with Gasteiger partial charge in [0.1, 0.15) is 12.4 Å². The predicted octanol–water partition coefficient (Wildman–Crippen LogP) is 4.22. The maximum atomic E-state index is 11.0. The minimum Gasteiger partial charge on any atom is -0.489 e. The number of aliphatic carboxylic acids is 1. The van der Waals surface area contributed by atoms with Crippen molar-refractivity contribution in [1.29, 1.82) is 0 Å². The Morgan fingerprint density at radius 1 is 1.04 bits per heavy atom. The van der Waals surface area contributed by atoms with Gasteiger partial charge in [-0.2, -0.15) is 0 Å². The van der Waals surface area contributed by atoms with Gasteiger partial charge in [0, 0.05) is 11.6 Å². The van der Waals surface area contributed by atoms with Gasteiger partial charge in [-0.15, -0.1) is 0 Å². The Morgan fingerprint density at radius 2 is 1.64 bits per heavy atom. The van der Waals surface area contributed by atoms with Crippen molar-refractivity contribution in [2.45, 2.75) is 26.0 Å². The molecule has 0 atom stereocenters. The predicted molar refractivity (Wildman–Crippen MR) is 97.9 cm³/mol. The SMILES string of the molecule is O=C(O)C1CCN(Cc2ccc(OCc3ccc(Cl)cc3)cc2)CC1. The second kappa shape index (κ2) is 8.37. The van der Waals surface area contributed by atoms with E-state index < -0.39 is 5.97 Å². The lowest BCUT2D eigenvalue weighted by atomic mass is 9.97. The van der Waals surface area contributed by atoms with Crippen LogP contribution in [0.25, 0.3) is 0 Å². The molecule has 1 fully saturated rings. The highest BCUT2D eigenvalue weighted by atomic mass is 35.5. The fourth-order valence-electron chi connectivity index (χ4n) is 3.03. The van der Waals surface area contributed by atoms with Crippen LogP contribution >= 0.6 is 11.6 Å². The summed E-state index contributed by atoms with van der Waals surface area (Å²) in [5, 5.41) is 9.77. The molecule has 5 heteroatoms. The molecule has 25 heavy (non-hydrogen) atoms. The second-order valence-corrected chi connectivity index (χ2v) is 6.88. The van der Waals surface area contributed by atoms with Gasteiger partial charge in [-0.05, 0) is 61.3 Å². The summed E-state index contributed by atoms with van der Waals surface area (Å²) in [7, 11) is 0. The quantitative estimate of drug-likeness (QED) is 0.839. The van der Waals surface area contributed by atoms with Crippen LogP contribution in [-0.2, 0) is 17.9 Å². The fraction of sp³-hybridized carbons (Fsp3) is 0.350. The van der Waals surface area contributed by atoms with Crippen molar-refractivity contribution < 1.29 is 14.6 Å². The summed E-state index contributed by atoms with van der Waals surface area (Å²) in [4.78, 5) is 13.3. The summed E-state index contributed by atoms with van der Waals surface area (Å²) in [5.41, 5.74) is 2.29. The van der Waals surface area contributed by atoms with Gasteiger partial charge < -0.3 is 9.84 Å².